The number of carbonyl (C=O) groups is 1. The lowest BCUT2D eigenvalue weighted by Crippen LogP contribution is -2.33. The minimum Gasteiger partial charge on any atom is -0.443 e. The first-order valence-electron chi connectivity index (χ1n) is 5.03. The van der Waals surface area contributed by atoms with Crippen LogP contribution in [0, 0.1) is 12.5 Å². The molecule has 0 atom stereocenters. The Hall–Kier alpha value is -0.990. The van der Waals surface area contributed by atoms with E-state index in [4.69, 9.17) is 11.2 Å². The average Bonchev–Trinajstić information content (AvgIpc) is 2.57. The molecule has 0 radical (unpaired) electrons. The number of carbonyl (C=O) groups excluding carboxylic acids is 1. The molecular weight excluding hydrogens is 302 g/mol. The summed E-state index contributed by atoms with van der Waals surface area (Å²) < 4.78 is 6.22. The normalized spacial score (nSPS) is 10.8. The number of thiophene rings is 1. The Morgan fingerprint density at radius 2 is 2.24 bits per heavy atom. The van der Waals surface area contributed by atoms with Crippen molar-refractivity contribution in [1.29, 1.82) is 0 Å². The first-order valence-corrected chi connectivity index (χ1v) is 6.64. The van der Waals surface area contributed by atoms with E-state index in [1.54, 1.807) is 20.8 Å². The molecule has 0 bridgehead atoms. The molecule has 1 aromatic rings. The molecule has 0 fully saturated rings. The van der Waals surface area contributed by atoms with Crippen molar-refractivity contribution in [3.05, 3.63) is 20.8 Å². The average molecular weight is 316 g/mol. The molecule has 5 heteroatoms. The third-order valence-corrected chi connectivity index (χ3v) is 3.32. The molecule has 92 valence electrons. The molecule has 0 saturated carbocycles. The topological polar surface area (TPSA) is 29.5 Å². The largest absolute Gasteiger partial charge is 0.443 e. The standard InChI is InChI=1S/C12H14BrNO2S/c1-5-14(11(15)16-12(2,3)4)8-9-6-7-10(13)17-9/h1,6-7H,8H2,2-4H3. The number of amides is 1. The van der Waals surface area contributed by atoms with Crippen LogP contribution in [0.2, 0.25) is 0 Å². The van der Waals surface area contributed by atoms with E-state index < -0.39 is 11.7 Å². The Bertz CT molecular complexity index is 442. The van der Waals surface area contributed by atoms with Gasteiger partial charge in [-0.25, -0.2) is 9.69 Å². The van der Waals surface area contributed by atoms with Crippen molar-refractivity contribution in [2.75, 3.05) is 0 Å². The van der Waals surface area contributed by atoms with Crippen molar-refractivity contribution >= 4 is 33.4 Å². The van der Waals surface area contributed by atoms with E-state index in [9.17, 15) is 4.79 Å². The Kier molecular flexibility index (Phi) is 4.61. The van der Waals surface area contributed by atoms with Gasteiger partial charge >= 0.3 is 6.09 Å². The van der Waals surface area contributed by atoms with E-state index in [0.717, 1.165) is 8.66 Å². The minimum absolute atomic E-state index is 0.363. The lowest BCUT2D eigenvalue weighted by atomic mass is 10.2. The second kappa shape index (κ2) is 5.56. The van der Waals surface area contributed by atoms with Crippen LogP contribution in [0.15, 0.2) is 15.9 Å². The molecule has 3 nitrogen and oxygen atoms in total. The fourth-order valence-electron chi connectivity index (χ4n) is 1.07. The number of halogens is 1. The molecule has 0 aromatic carbocycles. The van der Waals surface area contributed by atoms with Crippen LogP contribution in [-0.2, 0) is 11.3 Å². The van der Waals surface area contributed by atoms with E-state index in [-0.39, 0.29) is 0 Å². The molecule has 1 aromatic heterocycles. The number of nitrogens with zero attached hydrogens (tertiary/aromatic N) is 1. The molecule has 0 aliphatic rings. The van der Waals surface area contributed by atoms with Gasteiger partial charge in [-0.3, -0.25) is 0 Å². The van der Waals surface area contributed by atoms with Crippen LogP contribution in [-0.4, -0.2) is 16.6 Å². The third kappa shape index (κ3) is 4.80. The summed E-state index contributed by atoms with van der Waals surface area (Å²) in [6, 6.07) is 6.17. The van der Waals surface area contributed by atoms with Crippen LogP contribution >= 0.6 is 27.3 Å². The van der Waals surface area contributed by atoms with Gasteiger partial charge in [0.25, 0.3) is 0 Å². The fraction of sp³-hybridized carbons (Fsp3) is 0.417. The molecule has 0 aliphatic carbocycles. The third-order valence-electron chi connectivity index (χ3n) is 1.71. The van der Waals surface area contributed by atoms with Crippen molar-refractivity contribution in [2.24, 2.45) is 0 Å². The lowest BCUT2D eigenvalue weighted by Gasteiger charge is -2.23. The lowest BCUT2D eigenvalue weighted by molar-refractivity contribution is 0.0343. The molecule has 0 saturated heterocycles. The number of hydrogen-bond acceptors (Lipinski definition) is 3. The second-order valence-corrected chi connectivity index (χ2v) is 6.95. The number of ether oxygens (including phenoxy) is 1. The monoisotopic (exact) mass is 315 g/mol. The van der Waals surface area contributed by atoms with Crippen LogP contribution in [0.5, 0.6) is 0 Å². The number of rotatable bonds is 2. The van der Waals surface area contributed by atoms with Gasteiger partial charge in [-0.2, -0.15) is 0 Å². The summed E-state index contributed by atoms with van der Waals surface area (Å²) in [6.07, 6.45) is 4.82. The van der Waals surface area contributed by atoms with Gasteiger partial charge in [-0.05, 0) is 48.8 Å². The zero-order chi connectivity index (χ0) is 13.1. The Morgan fingerprint density at radius 3 is 2.65 bits per heavy atom. The zero-order valence-electron chi connectivity index (χ0n) is 9.99. The molecule has 1 rings (SSSR count). The van der Waals surface area contributed by atoms with Crippen molar-refractivity contribution < 1.29 is 9.53 Å². The van der Waals surface area contributed by atoms with Crippen LogP contribution in [0.1, 0.15) is 25.6 Å². The Morgan fingerprint density at radius 1 is 1.59 bits per heavy atom. The summed E-state index contributed by atoms with van der Waals surface area (Å²) >= 11 is 4.90. The second-order valence-electron chi connectivity index (χ2n) is 4.40. The quantitative estimate of drug-likeness (QED) is 0.613. The maximum absolute atomic E-state index is 11.8. The Labute approximate surface area is 114 Å². The minimum atomic E-state index is -0.539. The van der Waals surface area contributed by atoms with Gasteiger partial charge in [0, 0.05) is 10.9 Å². The van der Waals surface area contributed by atoms with Gasteiger partial charge in [0.15, 0.2) is 0 Å². The summed E-state index contributed by atoms with van der Waals surface area (Å²) in [5.41, 5.74) is -0.539. The van der Waals surface area contributed by atoms with Crippen LogP contribution in [0.4, 0.5) is 4.79 Å². The van der Waals surface area contributed by atoms with E-state index in [1.165, 1.54) is 16.2 Å². The van der Waals surface area contributed by atoms with E-state index >= 15 is 0 Å². The van der Waals surface area contributed by atoms with Gasteiger partial charge < -0.3 is 4.74 Å². The first-order chi connectivity index (χ1) is 7.81. The molecule has 17 heavy (non-hydrogen) atoms. The summed E-state index contributed by atoms with van der Waals surface area (Å²) in [5, 5.41) is 0. The highest BCUT2D eigenvalue weighted by molar-refractivity contribution is 9.11. The number of terminal acetylenes is 1. The molecule has 1 amide bonds. The van der Waals surface area contributed by atoms with Crippen molar-refractivity contribution in [2.45, 2.75) is 32.9 Å². The van der Waals surface area contributed by atoms with Gasteiger partial charge in [0.05, 0.1) is 10.3 Å². The highest BCUT2D eigenvalue weighted by Gasteiger charge is 2.21. The maximum atomic E-state index is 11.8. The highest BCUT2D eigenvalue weighted by Crippen LogP contribution is 2.23. The summed E-state index contributed by atoms with van der Waals surface area (Å²) in [4.78, 5) is 14.0. The zero-order valence-corrected chi connectivity index (χ0v) is 12.4. The fourth-order valence-corrected chi connectivity index (χ4v) is 2.54. The highest BCUT2D eigenvalue weighted by atomic mass is 79.9. The van der Waals surface area contributed by atoms with E-state index in [0.29, 0.717) is 6.54 Å². The predicted octanol–water partition coefficient (Wildman–Crippen LogP) is 3.84. The first kappa shape index (κ1) is 14.1. The summed E-state index contributed by atoms with van der Waals surface area (Å²) in [7, 11) is 0. The van der Waals surface area contributed by atoms with Gasteiger partial charge in [0.1, 0.15) is 5.60 Å². The molecule has 1 heterocycles. The van der Waals surface area contributed by atoms with Crippen LogP contribution in [0.25, 0.3) is 0 Å². The van der Waals surface area contributed by atoms with Gasteiger partial charge in [-0.1, -0.05) is 6.42 Å². The van der Waals surface area contributed by atoms with Crippen molar-refractivity contribution in [3.8, 4) is 12.5 Å². The Balaban J connectivity index is 2.67. The van der Waals surface area contributed by atoms with Crippen molar-refractivity contribution in [1.82, 2.24) is 4.90 Å². The number of hydrogen-bond donors (Lipinski definition) is 0. The van der Waals surface area contributed by atoms with Crippen LogP contribution in [0.3, 0.4) is 0 Å². The van der Waals surface area contributed by atoms with E-state index in [2.05, 4.69) is 22.0 Å². The maximum Gasteiger partial charge on any atom is 0.422 e. The molecule has 0 aliphatic heterocycles. The van der Waals surface area contributed by atoms with Gasteiger partial charge in [-0.15, -0.1) is 11.3 Å². The SMILES string of the molecule is C#CN(Cc1ccc(Br)s1)C(=O)OC(C)(C)C. The van der Waals surface area contributed by atoms with Crippen molar-refractivity contribution in [3.63, 3.8) is 0 Å². The van der Waals surface area contributed by atoms with Gasteiger partial charge in [0.2, 0.25) is 0 Å². The molecule has 0 N–H and O–H groups in total. The molecule has 0 spiro atoms. The molecular formula is C12H14BrNO2S. The molecule has 0 unspecified atom stereocenters. The van der Waals surface area contributed by atoms with E-state index in [1.807, 2.05) is 12.1 Å². The van der Waals surface area contributed by atoms with Crippen LogP contribution < -0.4 is 0 Å². The predicted molar refractivity (Wildman–Crippen MR) is 72.6 cm³/mol. The summed E-state index contributed by atoms with van der Waals surface area (Å²) in [6.45, 7) is 5.78. The smallest absolute Gasteiger partial charge is 0.422 e. The summed E-state index contributed by atoms with van der Waals surface area (Å²) in [5.74, 6) is 0.